The first-order valence-electron chi connectivity index (χ1n) is 23.7. The van der Waals surface area contributed by atoms with Crippen molar-refractivity contribution in [3.63, 3.8) is 0 Å². The first kappa shape index (κ1) is 51.9. The van der Waals surface area contributed by atoms with Crippen molar-refractivity contribution in [2.75, 3.05) is 39.1 Å². The molecule has 1 spiro atoms. The molecule has 2 aromatic carbocycles. The van der Waals surface area contributed by atoms with E-state index in [0.29, 0.717) is 31.8 Å². The summed E-state index contributed by atoms with van der Waals surface area (Å²) in [5.74, 6) is -6.21. The van der Waals surface area contributed by atoms with Gasteiger partial charge in [0, 0.05) is 93.8 Å². The summed E-state index contributed by atoms with van der Waals surface area (Å²) >= 11 is 0. The van der Waals surface area contributed by atoms with Crippen molar-refractivity contribution in [2.45, 2.75) is 131 Å². The maximum Gasteiger partial charge on any atom is 0.411 e. The predicted octanol–water partition coefficient (Wildman–Crippen LogP) is 5.72. The van der Waals surface area contributed by atoms with Crippen molar-refractivity contribution in [1.29, 1.82) is 0 Å². The van der Waals surface area contributed by atoms with Gasteiger partial charge in [-0.1, -0.05) is 65.8 Å². The molecule has 0 aromatic heterocycles. The van der Waals surface area contributed by atoms with Crippen LogP contribution < -0.4 is 26.1 Å². The van der Waals surface area contributed by atoms with Gasteiger partial charge in [0.05, 0.1) is 40.9 Å². The number of aliphatic hydroxyl groups excluding tert-OH is 2. The fourth-order valence-corrected chi connectivity index (χ4v) is 9.71. The summed E-state index contributed by atoms with van der Waals surface area (Å²) in [6, 6.07) is 0. The molecule has 0 radical (unpaired) electrons. The number of hydrogen-bond acceptors (Lipinski definition) is 15. The van der Waals surface area contributed by atoms with E-state index in [1.807, 2.05) is 6.92 Å². The lowest BCUT2D eigenvalue weighted by Crippen LogP contribution is -2.50. The fraction of sp³-hybridized carbons (Fsp3) is 0.588. The largest absolute Gasteiger partial charge is 0.507 e. The number of aliphatic hydroxyl groups is 2. The molecule has 5 aliphatic rings. The van der Waals surface area contributed by atoms with E-state index in [4.69, 9.17) is 28.9 Å². The zero-order valence-electron chi connectivity index (χ0n) is 41.8. The molecule has 2 aromatic rings. The Morgan fingerprint density at radius 1 is 1.00 bits per heavy atom. The highest BCUT2D eigenvalue weighted by Crippen LogP contribution is 2.50. The molecule has 1 saturated heterocycles. The molecule has 0 aliphatic carbocycles. The van der Waals surface area contributed by atoms with Crippen molar-refractivity contribution >= 4 is 34.2 Å². The molecule has 6 N–H and O–H groups in total. The molecule has 1 fully saturated rings. The number of rotatable bonds is 7. The second-order valence-electron chi connectivity index (χ2n) is 19.7. The van der Waals surface area contributed by atoms with E-state index in [2.05, 4.69) is 29.4 Å². The molecular formula is C51H72N6O11. The van der Waals surface area contributed by atoms with Crippen molar-refractivity contribution in [3.05, 3.63) is 70.3 Å². The Labute approximate surface area is 399 Å². The van der Waals surface area contributed by atoms with E-state index in [1.165, 1.54) is 25.2 Å². The normalized spacial score (nSPS) is 31.0. The number of ketones is 1. The van der Waals surface area contributed by atoms with E-state index in [0.717, 1.165) is 6.54 Å². The van der Waals surface area contributed by atoms with E-state index in [1.54, 1.807) is 92.1 Å². The number of nitrogens with zero attached hydrogens (tertiary/aromatic N) is 4. The van der Waals surface area contributed by atoms with Gasteiger partial charge in [0.1, 0.15) is 34.8 Å². The molecule has 17 heteroatoms. The predicted molar refractivity (Wildman–Crippen MR) is 258 cm³/mol. The summed E-state index contributed by atoms with van der Waals surface area (Å²) in [4.78, 5) is 56.8. The lowest BCUT2D eigenvalue weighted by molar-refractivity contribution is -0.112. The summed E-state index contributed by atoms with van der Waals surface area (Å²) in [6.45, 7) is 21.9. The number of benzene rings is 2. The van der Waals surface area contributed by atoms with Gasteiger partial charge in [-0.2, -0.15) is 0 Å². The Hall–Kier alpha value is -5.49. The van der Waals surface area contributed by atoms with Crippen molar-refractivity contribution in [1.82, 2.24) is 15.1 Å². The number of likely N-dealkylation sites (tertiary alicyclic amines) is 1. The topological polar surface area (TPSA) is 224 Å². The summed E-state index contributed by atoms with van der Waals surface area (Å²) in [7, 11) is 3.06. The lowest BCUT2D eigenvalue weighted by Gasteiger charge is -2.39. The molecule has 5 bridgehead atoms. The van der Waals surface area contributed by atoms with Crippen LogP contribution in [-0.4, -0.2) is 124 Å². The van der Waals surface area contributed by atoms with Crippen LogP contribution in [0.3, 0.4) is 0 Å². The average molecular weight is 945 g/mol. The third-order valence-corrected chi connectivity index (χ3v) is 14.2. The van der Waals surface area contributed by atoms with Gasteiger partial charge < -0.3 is 54.9 Å². The van der Waals surface area contributed by atoms with Crippen LogP contribution in [-0.2, 0) is 19.0 Å². The van der Waals surface area contributed by atoms with Gasteiger partial charge in [0.15, 0.2) is 11.4 Å². The summed E-state index contributed by atoms with van der Waals surface area (Å²) < 4.78 is 24.7. The van der Waals surface area contributed by atoms with Gasteiger partial charge in [-0.25, -0.2) is 4.79 Å². The lowest BCUT2D eigenvalue weighted by atomic mass is 9.78. The van der Waals surface area contributed by atoms with Crippen molar-refractivity contribution in [2.24, 2.45) is 39.6 Å². The van der Waals surface area contributed by atoms with E-state index in [-0.39, 0.29) is 55.4 Å². The number of fused-ring (bicyclic) bond motifs is 13. The zero-order chi connectivity index (χ0) is 50.2. The van der Waals surface area contributed by atoms with E-state index >= 15 is 0 Å². The summed E-state index contributed by atoms with van der Waals surface area (Å²) in [5, 5.41) is 54.0. The number of aromatic hydroxyl groups is 2. The molecule has 372 valence electrons. The highest BCUT2D eigenvalue weighted by atomic mass is 16.7. The maximum absolute atomic E-state index is 14.9. The summed E-state index contributed by atoms with van der Waals surface area (Å²) in [6.07, 6.45) is 7.14. The molecule has 17 nitrogen and oxygen atoms in total. The SMILES string of the molecule is C/C=C\NC(C)N(C)C(=O)O[C@H]1[C@H](C)[C@H](O)[C@H](C)[C@@H](O)[C@@H](C)/C=C/C=C(/C)C(=O)Nc2c(O)c3c(O)c(C)c4c(c3c3c2=NC2(CCN(CC(C)C)CC2)N=3)C(=O)[C@@](C)(O/C=C/[C@H](OC)[C@H]1C)O4. The second kappa shape index (κ2) is 20.6. The third kappa shape index (κ3) is 9.98. The third-order valence-electron chi connectivity index (χ3n) is 14.2. The standard InChI is InChI=1S/C51H72N6O11/c1-14-21-52-33(10)56(12)49(64)67-45-29(6)34(65-13)18-24-66-50(11)47(62)37-35-36(43(60)32(9)46(37)68-50)44(61)40(39-38(35)54-51(55-39)19-22-57(23-20-51)25-26(2)3)53-48(63)28(5)17-15-16-27(4)41(58)30(7)42(59)31(45)8/h14-18,21,24,26-27,29-31,33-34,41-42,45,52,58-61H,19-20,22-23,25H2,1-13H3,(H,53,63)/b16-15+,21-14-,24-18+,28-17-/t27-,29+,30+,31+,33?,34-,41-,42+,45+,50-/m0/s1. The number of amides is 2. The second-order valence-corrected chi connectivity index (χ2v) is 19.7. The number of ether oxygens (including phenoxy) is 4. The van der Waals surface area contributed by atoms with Crippen LogP contribution in [0.4, 0.5) is 10.5 Å². The van der Waals surface area contributed by atoms with Crippen LogP contribution in [0.5, 0.6) is 17.2 Å². The Bertz CT molecular complexity index is 2510. The average Bonchev–Trinajstić information content (AvgIpc) is 3.81. The molecule has 10 atom stereocenters. The minimum absolute atomic E-state index is 0.0266. The number of piperidine rings is 1. The van der Waals surface area contributed by atoms with Gasteiger partial charge in [-0.05, 0) is 45.9 Å². The molecule has 0 saturated carbocycles. The highest BCUT2D eigenvalue weighted by Gasteiger charge is 2.50. The Morgan fingerprint density at radius 3 is 2.29 bits per heavy atom. The van der Waals surface area contributed by atoms with Crippen LogP contribution in [0, 0.1) is 36.5 Å². The van der Waals surface area contributed by atoms with E-state index in [9.17, 15) is 34.8 Å². The zero-order valence-corrected chi connectivity index (χ0v) is 41.8. The first-order chi connectivity index (χ1) is 32.0. The number of nitrogens with one attached hydrogen (secondary N) is 2. The Morgan fingerprint density at radius 2 is 1.66 bits per heavy atom. The van der Waals surface area contributed by atoms with Gasteiger partial charge in [0.25, 0.3) is 11.7 Å². The number of carbonyl (C=O) groups excluding carboxylic acids is 3. The maximum atomic E-state index is 14.9. The smallest absolute Gasteiger partial charge is 0.411 e. The Kier molecular flexibility index (Phi) is 15.7. The minimum Gasteiger partial charge on any atom is -0.507 e. The number of anilines is 1. The molecule has 2 amide bonds. The number of phenols is 2. The van der Waals surface area contributed by atoms with Crippen LogP contribution >= 0.6 is 0 Å². The van der Waals surface area contributed by atoms with Crippen LogP contribution in [0.1, 0.15) is 98.0 Å². The molecular weight excluding hydrogens is 873 g/mol. The van der Waals surface area contributed by atoms with Crippen LogP contribution in [0.2, 0.25) is 0 Å². The van der Waals surface area contributed by atoms with Gasteiger partial charge in [-0.3, -0.25) is 24.5 Å². The Balaban J connectivity index is 1.50. The van der Waals surface area contributed by atoms with Crippen LogP contribution in [0.25, 0.3) is 10.8 Å². The molecule has 68 heavy (non-hydrogen) atoms. The number of methoxy groups -OCH3 is 1. The van der Waals surface area contributed by atoms with Crippen molar-refractivity contribution < 1.29 is 53.8 Å². The minimum atomic E-state index is -1.99. The fourth-order valence-electron chi connectivity index (χ4n) is 9.71. The number of Topliss-reactive ketones (excluding diaryl/α,β-unsaturated/α-hetero) is 1. The molecule has 5 aliphatic heterocycles. The highest BCUT2D eigenvalue weighted by molar-refractivity contribution is 6.19. The van der Waals surface area contributed by atoms with Gasteiger partial charge >= 0.3 is 11.9 Å². The molecule has 7 rings (SSSR count). The summed E-state index contributed by atoms with van der Waals surface area (Å²) in [5.41, 5.74) is -0.620. The van der Waals surface area contributed by atoms with Crippen molar-refractivity contribution in [3.8, 4) is 17.2 Å². The number of hydrogen-bond donors (Lipinski definition) is 6. The monoisotopic (exact) mass is 945 g/mol. The number of carbonyl (C=O) groups is 3. The number of phenolic OH excluding ortho intramolecular Hbond substituents is 2. The van der Waals surface area contributed by atoms with Gasteiger partial charge in [0.2, 0.25) is 0 Å². The number of allylic oxidation sites excluding steroid dienone is 3. The first-order valence-corrected chi connectivity index (χ1v) is 23.7. The quantitative estimate of drug-likeness (QED) is 0.145. The van der Waals surface area contributed by atoms with Gasteiger partial charge in [-0.15, -0.1) is 0 Å². The van der Waals surface area contributed by atoms with Crippen LogP contribution in [0.15, 0.2) is 58.4 Å². The van der Waals surface area contributed by atoms with E-state index < -0.39 is 89.2 Å². The molecule has 5 heterocycles. The molecule has 1 unspecified atom stereocenters.